The SMILES string of the molecule is CC(/C=N\NC(=O)c1ccccc1O)=C\c1ccc(C(C)(C)C)cc1. The summed E-state index contributed by atoms with van der Waals surface area (Å²) in [5.41, 5.74) is 6.00. The van der Waals surface area contributed by atoms with Crippen LogP contribution in [0.5, 0.6) is 5.75 Å². The van der Waals surface area contributed by atoms with Gasteiger partial charge in [0.05, 0.1) is 11.8 Å². The van der Waals surface area contributed by atoms with Gasteiger partial charge in [-0.25, -0.2) is 5.43 Å². The van der Waals surface area contributed by atoms with Crippen LogP contribution in [0.15, 0.2) is 59.2 Å². The molecule has 0 saturated carbocycles. The second-order valence-electron chi connectivity index (χ2n) is 6.98. The smallest absolute Gasteiger partial charge is 0.275 e. The fourth-order valence-electron chi connectivity index (χ4n) is 2.30. The maximum absolute atomic E-state index is 11.9. The maximum atomic E-state index is 11.9. The first-order chi connectivity index (χ1) is 11.8. The van der Waals surface area contributed by atoms with Gasteiger partial charge in [0.1, 0.15) is 5.75 Å². The van der Waals surface area contributed by atoms with Crippen LogP contribution < -0.4 is 5.43 Å². The van der Waals surface area contributed by atoms with Crippen LogP contribution in [-0.4, -0.2) is 17.2 Å². The second kappa shape index (κ2) is 7.79. The number of rotatable bonds is 4. The molecule has 0 spiro atoms. The summed E-state index contributed by atoms with van der Waals surface area (Å²) in [5.74, 6) is -0.516. The van der Waals surface area contributed by atoms with Crippen LogP contribution in [0, 0.1) is 0 Å². The van der Waals surface area contributed by atoms with Crippen LogP contribution in [0.25, 0.3) is 6.08 Å². The number of nitrogens with one attached hydrogen (secondary N) is 1. The van der Waals surface area contributed by atoms with Gasteiger partial charge in [0.25, 0.3) is 5.91 Å². The molecule has 0 saturated heterocycles. The van der Waals surface area contributed by atoms with Gasteiger partial charge in [-0.05, 0) is 41.2 Å². The molecule has 0 radical (unpaired) electrons. The first-order valence-electron chi connectivity index (χ1n) is 8.17. The normalized spacial score (nSPS) is 12.4. The number of benzene rings is 2. The number of hydrogen-bond acceptors (Lipinski definition) is 3. The maximum Gasteiger partial charge on any atom is 0.275 e. The minimum absolute atomic E-state index is 0.0681. The Morgan fingerprint density at radius 3 is 2.32 bits per heavy atom. The fourth-order valence-corrected chi connectivity index (χ4v) is 2.30. The van der Waals surface area contributed by atoms with Crippen molar-refractivity contribution in [1.29, 1.82) is 0 Å². The minimum Gasteiger partial charge on any atom is -0.507 e. The molecule has 0 bridgehead atoms. The first kappa shape index (κ1) is 18.5. The first-order valence-corrected chi connectivity index (χ1v) is 8.17. The van der Waals surface area contributed by atoms with E-state index in [1.165, 1.54) is 11.6 Å². The number of allylic oxidation sites excluding steroid dienone is 1. The Kier molecular flexibility index (Phi) is 5.75. The monoisotopic (exact) mass is 336 g/mol. The van der Waals surface area contributed by atoms with Crippen molar-refractivity contribution in [3.8, 4) is 5.75 Å². The van der Waals surface area contributed by atoms with E-state index >= 15 is 0 Å². The number of carbonyl (C=O) groups is 1. The average molecular weight is 336 g/mol. The number of nitrogens with zero attached hydrogens (tertiary/aromatic N) is 1. The molecule has 2 aromatic rings. The molecule has 130 valence electrons. The molecule has 0 unspecified atom stereocenters. The van der Waals surface area contributed by atoms with Crippen molar-refractivity contribution in [2.45, 2.75) is 33.1 Å². The molecule has 25 heavy (non-hydrogen) atoms. The number of hydrogen-bond donors (Lipinski definition) is 2. The molecule has 0 heterocycles. The van der Waals surface area contributed by atoms with Crippen LogP contribution in [0.4, 0.5) is 0 Å². The zero-order valence-electron chi connectivity index (χ0n) is 15.1. The lowest BCUT2D eigenvalue weighted by molar-refractivity contribution is 0.0952. The molecule has 1 amide bonds. The molecule has 2 rings (SSSR count). The van der Waals surface area contributed by atoms with Gasteiger partial charge in [-0.1, -0.05) is 63.2 Å². The van der Waals surface area contributed by atoms with Crippen molar-refractivity contribution >= 4 is 18.2 Å². The number of phenols is 1. The van der Waals surface area contributed by atoms with E-state index in [1.54, 1.807) is 24.4 Å². The third-order valence-electron chi connectivity index (χ3n) is 3.75. The minimum atomic E-state index is -0.448. The zero-order chi connectivity index (χ0) is 18.4. The summed E-state index contributed by atoms with van der Waals surface area (Å²) >= 11 is 0. The number of amides is 1. The van der Waals surface area contributed by atoms with Crippen molar-refractivity contribution in [2.75, 3.05) is 0 Å². The molecule has 0 aliphatic carbocycles. The van der Waals surface area contributed by atoms with Gasteiger partial charge >= 0.3 is 0 Å². The molecule has 0 atom stereocenters. The summed E-state index contributed by atoms with van der Waals surface area (Å²) in [4.78, 5) is 11.9. The highest BCUT2D eigenvalue weighted by molar-refractivity contribution is 5.97. The Bertz CT molecular complexity index is 797. The van der Waals surface area contributed by atoms with Crippen LogP contribution in [0.1, 0.15) is 49.2 Å². The zero-order valence-corrected chi connectivity index (χ0v) is 15.1. The largest absolute Gasteiger partial charge is 0.507 e. The third-order valence-corrected chi connectivity index (χ3v) is 3.75. The highest BCUT2D eigenvalue weighted by Crippen LogP contribution is 2.22. The van der Waals surface area contributed by atoms with Crippen molar-refractivity contribution in [1.82, 2.24) is 5.43 Å². The number of hydrazone groups is 1. The van der Waals surface area contributed by atoms with Gasteiger partial charge < -0.3 is 5.11 Å². The van der Waals surface area contributed by atoms with E-state index in [-0.39, 0.29) is 16.7 Å². The Labute approximate surface area is 148 Å². The summed E-state index contributed by atoms with van der Waals surface area (Å²) in [5, 5.41) is 13.6. The highest BCUT2D eigenvalue weighted by atomic mass is 16.3. The summed E-state index contributed by atoms with van der Waals surface area (Å²) in [6.07, 6.45) is 3.57. The molecule has 0 aliphatic rings. The molecular weight excluding hydrogens is 312 g/mol. The summed E-state index contributed by atoms with van der Waals surface area (Å²) in [7, 11) is 0. The van der Waals surface area contributed by atoms with Gasteiger partial charge in [0, 0.05) is 0 Å². The van der Waals surface area contributed by atoms with Gasteiger partial charge in [-0.2, -0.15) is 5.10 Å². The topological polar surface area (TPSA) is 61.7 Å². The van der Waals surface area contributed by atoms with Gasteiger partial charge in [0.2, 0.25) is 0 Å². The average Bonchev–Trinajstić information content (AvgIpc) is 2.54. The lowest BCUT2D eigenvalue weighted by Gasteiger charge is -2.18. The second-order valence-corrected chi connectivity index (χ2v) is 6.98. The number of phenolic OH excluding ortho intramolecular Hbond substituents is 1. The Balaban J connectivity index is 2.00. The number of carbonyl (C=O) groups excluding carboxylic acids is 1. The van der Waals surface area contributed by atoms with E-state index in [2.05, 4.69) is 55.6 Å². The van der Waals surface area contributed by atoms with E-state index in [1.807, 2.05) is 13.0 Å². The van der Waals surface area contributed by atoms with Gasteiger partial charge in [-0.15, -0.1) is 0 Å². The predicted octanol–water partition coefficient (Wildman–Crippen LogP) is 4.51. The van der Waals surface area contributed by atoms with Crippen LogP contribution in [-0.2, 0) is 5.41 Å². The molecule has 4 heteroatoms. The summed E-state index contributed by atoms with van der Waals surface area (Å²) in [6.45, 7) is 8.46. The van der Waals surface area contributed by atoms with E-state index in [0.29, 0.717) is 0 Å². The molecular formula is C21H24N2O2. The predicted molar refractivity (Wildman–Crippen MR) is 103 cm³/mol. The number of aromatic hydroxyl groups is 1. The van der Waals surface area contributed by atoms with Crippen LogP contribution in [0.3, 0.4) is 0 Å². The quantitative estimate of drug-likeness (QED) is 0.637. The van der Waals surface area contributed by atoms with Crippen molar-refractivity contribution in [3.63, 3.8) is 0 Å². The van der Waals surface area contributed by atoms with Crippen molar-refractivity contribution in [3.05, 3.63) is 70.8 Å². The standard InChI is InChI=1S/C21H24N2O2/c1-15(13-16-9-11-17(12-10-16)21(2,3)4)14-22-23-20(25)18-7-5-6-8-19(18)24/h5-14,24H,1-4H3,(H,23,25)/b15-13+,22-14-. The van der Waals surface area contributed by atoms with E-state index in [9.17, 15) is 9.90 Å². The molecule has 0 fully saturated rings. The third kappa shape index (κ3) is 5.31. The van der Waals surface area contributed by atoms with E-state index in [4.69, 9.17) is 0 Å². The Hall–Kier alpha value is -2.88. The van der Waals surface area contributed by atoms with E-state index < -0.39 is 5.91 Å². The Morgan fingerprint density at radius 2 is 1.72 bits per heavy atom. The van der Waals surface area contributed by atoms with E-state index in [0.717, 1.165) is 11.1 Å². The Morgan fingerprint density at radius 1 is 1.08 bits per heavy atom. The molecule has 2 aromatic carbocycles. The fraction of sp³-hybridized carbons (Fsp3) is 0.238. The van der Waals surface area contributed by atoms with Gasteiger partial charge in [-0.3, -0.25) is 4.79 Å². The lowest BCUT2D eigenvalue weighted by atomic mass is 9.86. The highest BCUT2D eigenvalue weighted by Gasteiger charge is 2.12. The van der Waals surface area contributed by atoms with Gasteiger partial charge in [0.15, 0.2) is 0 Å². The van der Waals surface area contributed by atoms with Crippen molar-refractivity contribution in [2.24, 2.45) is 5.10 Å². The summed E-state index contributed by atoms with van der Waals surface area (Å²) in [6, 6.07) is 14.7. The molecule has 0 aromatic heterocycles. The van der Waals surface area contributed by atoms with Crippen LogP contribution in [0.2, 0.25) is 0 Å². The number of para-hydroxylation sites is 1. The van der Waals surface area contributed by atoms with Crippen LogP contribution >= 0.6 is 0 Å². The summed E-state index contributed by atoms with van der Waals surface area (Å²) < 4.78 is 0. The molecule has 0 aliphatic heterocycles. The lowest BCUT2D eigenvalue weighted by Crippen LogP contribution is -2.17. The van der Waals surface area contributed by atoms with Crippen molar-refractivity contribution < 1.29 is 9.90 Å². The molecule has 4 nitrogen and oxygen atoms in total. The molecule has 2 N–H and O–H groups in total.